The Labute approximate surface area is 183 Å². The molecule has 3 atom stereocenters. The molecule has 2 fully saturated rings. The first kappa shape index (κ1) is 19.7. The number of thioether (sulfide) groups is 1. The monoisotopic (exact) mass is 422 g/mol. The van der Waals surface area contributed by atoms with Crippen molar-refractivity contribution in [3.8, 4) is 5.75 Å². The molecule has 1 aromatic carbocycles. The van der Waals surface area contributed by atoms with E-state index in [0.717, 1.165) is 36.7 Å². The molecule has 3 unspecified atom stereocenters. The molecule has 3 aliphatic heterocycles. The zero-order valence-electron chi connectivity index (χ0n) is 17.8. The van der Waals surface area contributed by atoms with Crippen LogP contribution in [0.2, 0.25) is 0 Å². The van der Waals surface area contributed by atoms with Crippen molar-refractivity contribution in [1.29, 1.82) is 0 Å². The average molecular weight is 423 g/mol. The lowest BCUT2D eigenvalue weighted by Gasteiger charge is -2.32. The van der Waals surface area contributed by atoms with Gasteiger partial charge in [0.2, 0.25) is 0 Å². The maximum absolute atomic E-state index is 6.14. The van der Waals surface area contributed by atoms with Crippen LogP contribution in [0.15, 0.2) is 47.6 Å². The predicted octanol–water partition coefficient (Wildman–Crippen LogP) is 5.06. The third-order valence-corrected chi connectivity index (χ3v) is 7.53. The highest BCUT2D eigenvalue weighted by atomic mass is 32.2. The lowest BCUT2D eigenvalue weighted by atomic mass is 9.94. The average Bonchev–Trinajstić information content (AvgIpc) is 3.51. The van der Waals surface area contributed by atoms with Crippen molar-refractivity contribution in [2.45, 2.75) is 51.2 Å². The summed E-state index contributed by atoms with van der Waals surface area (Å²) in [7, 11) is 0. The smallest absolute Gasteiger partial charge is 0.160 e. The lowest BCUT2D eigenvalue weighted by molar-refractivity contribution is 0.254. The number of amidine groups is 1. The Kier molecular flexibility index (Phi) is 5.59. The summed E-state index contributed by atoms with van der Waals surface area (Å²) in [6.45, 7) is 7.26. The SMILES string of the molecule is CCOc1cc(C2C(c3ccccn3)N=C3SCC(CC)N32)ccc1N1CCCC1. The standard InChI is InChI=1S/C24H30N4OS/c1-3-18-16-30-24-26-22(19-9-5-6-12-25-19)23(28(18)24)17-10-11-20(21(15-17)29-4-2)27-13-7-8-14-27/h5-6,9-12,15,18,22-23H,3-4,7-8,13-14,16H2,1-2H3. The molecule has 5 nitrogen and oxygen atoms in total. The van der Waals surface area contributed by atoms with E-state index in [2.05, 4.69) is 59.0 Å². The molecule has 2 saturated heterocycles. The van der Waals surface area contributed by atoms with E-state index < -0.39 is 0 Å². The van der Waals surface area contributed by atoms with Crippen LogP contribution in [0.4, 0.5) is 5.69 Å². The number of aromatic nitrogens is 1. The largest absolute Gasteiger partial charge is 0.492 e. The minimum absolute atomic E-state index is 0.0233. The van der Waals surface area contributed by atoms with Crippen LogP contribution in [0.5, 0.6) is 5.75 Å². The molecule has 0 bridgehead atoms. The van der Waals surface area contributed by atoms with Crippen LogP contribution >= 0.6 is 11.8 Å². The summed E-state index contributed by atoms with van der Waals surface area (Å²) in [6, 6.07) is 13.7. The van der Waals surface area contributed by atoms with Crippen molar-refractivity contribution in [3.05, 3.63) is 53.9 Å². The van der Waals surface area contributed by atoms with Crippen molar-refractivity contribution >= 4 is 22.6 Å². The molecule has 6 heteroatoms. The van der Waals surface area contributed by atoms with Gasteiger partial charge in [-0.2, -0.15) is 0 Å². The fourth-order valence-electron chi connectivity index (χ4n) is 4.91. The van der Waals surface area contributed by atoms with Crippen LogP contribution in [0.25, 0.3) is 0 Å². The molecule has 5 rings (SSSR count). The highest BCUT2D eigenvalue weighted by molar-refractivity contribution is 8.14. The Morgan fingerprint density at radius 1 is 1.13 bits per heavy atom. The molecule has 0 saturated carbocycles. The first-order valence-electron chi connectivity index (χ1n) is 11.2. The summed E-state index contributed by atoms with van der Waals surface area (Å²) in [5.74, 6) is 2.12. The van der Waals surface area contributed by atoms with Crippen molar-refractivity contribution in [2.75, 3.05) is 30.3 Å². The van der Waals surface area contributed by atoms with Gasteiger partial charge in [-0.05, 0) is 56.0 Å². The quantitative estimate of drug-likeness (QED) is 0.651. The molecule has 0 aliphatic carbocycles. The fourth-order valence-corrected chi connectivity index (χ4v) is 6.25. The van der Waals surface area contributed by atoms with Crippen molar-refractivity contribution in [1.82, 2.24) is 9.88 Å². The topological polar surface area (TPSA) is 41.0 Å². The van der Waals surface area contributed by atoms with Gasteiger partial charge < -0.3 is 14.5 Å². The number of benzene rings is 1. The maximum atomic E-state index is 6.14. The van der Waals surface area contributed by atoms with E-state index in [1.165, 1.54) is 29.3 Å². The number of nitrogens with zero attached hydrogens (tertiary/aromatic N) is 4. The number of fused-ring (bicyclic) bond motifs is 1. The highest BCUT2D eigenvalue weighted by Gasteiger charge is 2.45. The molecule has 4 heterocycles. The Bertz CT molecular complexity index is 913. The van der Waals surface area contributed by atoms with Gasteiger partial charge in [-0.15, -0.1) is 0 Å². The summed E-state index contributed by atoms with van der Waals surface area (Å²) in [6.07, 6.45) is 5.53. The number of anilines is 1. The molecule has 158 valence electrons. The number of aliphatic imine (C=N–C) groups is 1. The molecule has 0 radical (unpaired) electrons. The second-order valence-electron chi connectivity index (χ2n) is 8.19. The Balaban J connectivity index is 1.56. The minimum Gasteiger partial charge on any atom is -0.492 e. The second kappa shape index (κ2) is 8.50. The van der Waals surface area contributed by atoms with E-state index in [9.17, 15) is 0 Å². The maximum Gasteiger partial charge on any atom is 0.160 e. The van der Waals surface area contributed by atoms with Gasteiger partial charge in [-0.1, -0.05) is 30.8 Å². The molecule has 2 aromatic rings. The predicted molar refractivity (Wildman–Crippen MR) is 125 cm³/mol. The number of rotatable bonds is 6. The lowest BCUT2D eigenvalue weighted by Crippen LogP contribution is -2.35. The molecule has 30 heavy (non-hydrogen) atoms. The van der Waals surface area contributed by atoms with Crippen LogP contribution in [-0.4, -0.2) is 46.5 Å². The third kappa shape index (κ3) is 3.45. The van der Waals surface area contributed by atoms with Gasteiger partial charge in [-0.25, -0.2) is 0 Å². The molecular formula is C24H30N4OS. The summed E-state index contributed by atoms with van der Waals surface area (Å²) >= 11 is 1.89. The zero-order chi connectivity index (χ0) is 20.5. The minimum atomic E-state index is 0.0233. The first-order valence-corrected chi connectivity index (χ1v) is 12.2. The van der Waals surface area contributed by atoms with Gasteiger partial charge >= 0.3 is 0 Å². The van der Waals surface area contributed by atoms with Gasteiger partial charge in [-0.3, -0.25) is 9.98 Å². The van der Waals surface area contributed by atoms with Crippen LogP contribution in [0, 0.1) is 0 Å². The molecular weight excluding hydrogens is 392 g/mol. The zero-order valence-corrected chi connectivity index (χ0v) is 18.6. The number of hydrogen-bond acceptors (Lipinski definition) is 6. The normalized spacial score (nSPS) is 25.5. The van der Waals surface area contributed by atoms with Gasteiger partial charge in [0, 0.05) is 31.1 Å². The van der Waals surface area contributed by atoms with Crippen molar-refractivity contribution in [2.24, 2.45) is 4.99 Å². The number of ether oxygens (including phenoxy) is 1. The molecule has 3 aliphatic rings. The Morgan fingerprint density at radius 3 is 2.73 bits per heavy atom. The van der Waals surface area contributed by atoms with Crippen LogP contribution in [0.3, 0.4) is 0 Å². The third-order valence-electron chi connectivity index (χ3n) is 6.40. The van der Waals surface area contributed by atoms with E-state index in [1.807, 2.05) is 24.0 Å². The van der Waals surface area contributed by atoms with Gasteiger partial charge in [0.25, 0.3) is 0 Å². The summed E-state index contributed by atoms with van der Waals surface area (Å²) in [5, 5.41) is 1.17. The molecule has 0 N–H and O–H groups in total. The van der Waals surface area contributed by atoms with E-state index in [1.54, 1.807) is 0 Å². The van der Waals surface area contributed by atoms with Crippen LogP contribution in [-0.2, 0) is 0 Å². The molecule has 1 aromatic heterocycles. The van der Waals surface area contributed by atoms with E-state index in [4.69, 9.17) is 9.73 Å². The molecule has 0 spiro atoms. The van der Waals surface area contributed by atoms with Gasteiger partial charge in [0.1, 0.15) is 11.8 Å². The summed E-state index contributed by atoms with van der Waals surface area (Å²) in [4.78, 5) is 14.8. The summed E-state index contributed by atoms with van der Waals surface area (Å²) < 4.78 is 6.14. The first-order chi connectivity index (χ1) is 14.8. The van der Waals surface area contributed by atoms with Gasteiger partial charge in [0.15, 0.2) is 5.17 Å². The Morgan fingerprint density at radius 2 is 2.00 bits per heavy atom. The summed E-state index contributed by atoms with van der Waals surface area (Å²) in [5.41, 5.74) is 3.55. The van der Waals surface area contributed by atoms with Crippen molar-refractivity contribution < 1.29 is 4.74 Å². The van der Waals surface area contributed by atoms with E-state index in [-0.39, 0.29) is 12.1 Å². The highest BCUT2D eigenvalue weighted by Crippen LogP contribution is 2.49. The van der Waals surface area contributed by atoms with E-state index in [0.29, 0.717) is 12.6 Å². The van der Waals surface area contributed by atoms with Crippen LogP contribution < -0.4 is 9.64 Å². The van der Waals surface area contributed by atoms with Crippen molar-refractivity contribution in [3.63, 3.8) is 0 Å². The number of hydrogen-bond donors (Lipinski definition) is 0. The fraction of sp³-hybridized carbons (Fsp3) is 0.500. The Hall–Kier alpha value is -2.21. The van der Waals surface area contributed by atoms with Gasteiger partial charge in [0.05, 0.1) is 24.0 Å². The number of pyridine rings is 1. The van der Waals surface area contributed by atoms with E-state index >= 15 is 0 Å². The molecule has 0 amide bonds. The second-order valence-corrected chi connectivity index (χ2v) is 9.18. The van der Waals surface area contributed by atoms with Crippen LogP contribution in [0.1, 0.15) is 56.5 Å².